The van der Waals surface area contributed by atoms with Gasteiger partial charge in [-0.25, -0.2) is 4.90 Å². The molecule has 2 N–H and O–H groups in total. The summed E-state index contributed by atoms with van der Waals surface area (Å²) in [5.41, 5.74) is 3.87. The molecule has 2 amide bonds. The number of H-pyrrole nitrogens is 1. The Morgan fingerprint density at radius 1 is 1.14 bits per heavy atom. The number of anilines is 1. The Labute approximate surface area is 169 Å². The van der Waals surface area contributed by atoms with E-state index in [0.717, 1.165) is 34.3 Å². The van der Waals surface area contributed by atoms with Gasteiger partial charge < -0.3 is 15.0 Å². The first-order valence-electron chi connectivity index (χ1n) is 9.96. The van der Waals surface area contributed by atoms with Crippen LogP contribution in [0.15, 0.2) is 48.5 Å². The van der Waals surface area contributed by atoms with Gasteiger partial charge in [0.05, 0.1) is 24.8 Å². The molecule has 150 valence electrons. The van der Waals surface area contributed by atoms with Gasteiger partial charge in [-0.1, -0.05) is 13.0 Å². The lowest BCUT2D eigenvalue weighted by atomic mass is 10.1. The van der Waals surface area contributed by atoms with Gasteiger partial charge in [-0.15, -0.1) is 0 Å². The average Bonchev–Trinajstić information content (AvgIpc) is 3.22. The quantitative estimate of drug-likeness (QED) is 0.603. The molecule has 6 heteroatoms. The van der Waals surface area contributed by atoms with Gasteiger partial charge in [0.2, 0.25) is 5.91 Å². The van der Waals surface area contributed by atoms with E-state index in [0.29, 0.717) is 18.8 Å². The number of nitrogens with one attached hydrogen (secondary N) is 2. The van der Waals surface area contributed by atoms with E-state index in [1.54, 1.807) is 24.3 Å². The summed E-state index contributed by atoms with van der Waals surface area (Å²) in [4.78, 5) is 29.9. The molecule has 0 radical (unpaired) electrons. The van der Waals surface area contributed by atoms with E-state index in [-0.39, 0.29) is 18.2 Å². The number of aromatic nitrogens is 1. The van der Waals surface area contributed by atoms with E-state index in [1.807, 2.05) is 26.0 Å². The highest BCUT2D eigenvalue weighted by Gasteiger charge is 2.39. The zero-order chi connectivity index (χ0) is 20.4. The van der Waals surface area contributed by atoms with Crippen LogP contribution in [0.1, 0.15) is 31.0 Å². The van der Waals surface area contributed by atoms with Crippen molar-refractivity contribution in [2.24, 2.45) is 0 Å². The van der Waals surface area contributed by atoms with Crippen molar-refractivity contribution < 1.29 is 14.3 Å². The minimum Gasteiger partial charge on any atom is -0.494 e. The van der Waals surface area contributed by atoms with Crippen molar-refractivity contribution in [1.29, 1.82) is 0 Å². The van der Waals surface area contributed by atoms with Crippen molar-refractivity contribution in [3.63, 3.8) is 0 Å². The Kier molecular flexibility index (Phi) is 5.36. The molecule has 1 saturated heterocycles. The lowest BCUT2D eigenvalue weighted by Crippen LogP contribution is -2.38. The van der Waals surface area contributed by atoms with Crippen LogP contribution >= 0.6 is 0 Å². The molecule has 1 fully saturated rings. The number of hydrogen-bond donors (Lipinski definition) is 2. The number of aryl methyl sites for hydroxylation is 1. The van der Waals surface area contributed by atoms with Crippen LogP contribution in [0.25, 0.3) is 10.9 Å². The molecule has 0 bridgehead atoms. The summed E-state index contributed by atoms with van der Waals surface area (Å²) in [6, 6.07) is 14.8. The number of nitrogens with zero attached hydrogens (tertiary/aromatic N) is 1. The summed E-state index contributed by atoms with van der Waals surface area (Å²) >= 11 is 0. The number of carbonyl (C=O) groups excluding carboxylic acids is 2. The second kappa shape index (κ2) is 8.09. The lowest BCUT2D eigenvalue weighted by molar-refractivity contribution is -0.121. The van der Waals surface area contributed by atoms with Crippen LogP contribution < -0.4 is 15.0 Å². The standard InChI is InChI=1S/C23H25N3O3/c1-3-10-29-19-7-5-18(6-8-19)26-22(27)13-21(23(26)28)24-14-16-4-9-20-17(12-16)11-15(2)25-20/h4-9,11-12,21,24-25H,3,10,13-14H2,1-2H3. The highest BCUT2D eigenvalue weighted by atomic mass is 16.5. The fraction of sp³-hybridized carbons (Fsp3) is 0.304. The number of carbonyl (C=O) groups is 2. The predicted octanol–water partition coefficient (Wildman–Crippen LogP) is 3.69. The molecule has 1 aliphatic heterocycles. The fourth-order valence-electron chi connectivity index (χ4n) is 3.65. The Balaban J connectivity index is 1.41. The molecule has 4 rings (SSSR count). The van der Waals surface area contributed by atoms with E-state index in [4.69, 9.17) is 4.74 Å². The van der Waals surface area contributed by atoms with Gasteiger partial charge in [-0.05, 0) is 66.8 Å². The number of benzene rings is 2. The molecule has 1 unspecified atom stereocenters. The second-order valence-electron chi connectivity index (χ2n) is 7.42. The number of imide groups is 1. The summed E-state index contributed by atoms with van der Waals surface area (Å²) in [7, 11) is 0. The molecule has 1 aliphatic rings. The van der Waals surface area contributed by atoms with E-state index in [9.17, 15) is 9.59 Å². The molecule has 0 saturated carbocycles. The molecular weight excluding hydrogens is 366 g/mol. The third-order valence-electron chi connectivity index (χ3n) is 5.09. The Bertz CT molecular complexity index is 1040. The van der Waals surface area contributed by atoms with Gasteiger partial charge in [-0.2, -0.15) is 0 Å². The summed E-state index contributed by atoms with van der Waals surface area (Å²) < 4.78 is 5.56. The van der Waals surface area contributed by atoms with Gasteiger partial charge in [-0.3, -0.25) is 9.59 Å². The maximum Gasteiger partial charge on any atom is 0.251 e. The smallest absolute Gasteiger partial charge is 0.251 e. The van der Waals surface area contributed by atoms with Crippen LogP contribution in [0.4, 0.5) is 5.69 Å². The normalized spacial score (nSPS) is 16.8. The first-order valence-corrected chi connectivity index (χ1v) is 9.96. The molecule has 3 aromatic rings. The van der Waals surface area contributed by atoms with Crippen molar-refractivity contribution in [2.75, 3.05) is 11.5 Å². The molecular formula is C23H25N3O3. The topological polar surface area (TPSA) is 74.4 Å². The van der Waals surface area contributed by atoms with Crippen molar-refractivity contribution in [3.05, 3.63) is 59.8 Å². The third kappa shape index (κ3) is 4.03. The van der Waals surface area contributed by atoms with Crippen molar-refractivity contribution in [3.8, 4) is 5.75 Å². The number of hydrogen-bond acceptors (Lipinski definition) is 4. The zero-order valence-corrected chi connectivity index (χ0v) is 16.7. The largest absolute Gasteiger partial charge is 0.494 e. The number of rotatable bonds is 7. The van der Waals surface area contributed by atoms with Crippen LogP contribution in [-0.2, 0) is 16.1 Å². The summed E-state index contributed by atoms with van der Waals surface area (Å²) in [5, 5.41) is 4.38. The highest BCUT2D eigenvalue weighted by molar-refractivity contribution is 6.22. The molecule has 1 aromatic heterocycles. The lowest BCUT2D eigenvalue weighted by Gasteiger charge is -2.16. The molecule has 0 aliphatic carbocycles. The van der Waals surface area contributed by atoms with Crippen LogP contribution in [0, 0.1) is 6.92 Å². The summed E-state index contributed by atoms with van der Waals surface area (Å²) in [6.45, 7) is 5.24. The molecule has 29 heavy (non-hydrogen) atoms. The van der Waals surface area contributed by atoms with Crippen molar-refractivity contribution in [1.82, 2.24) is 10.3 Å². The maximum atomic E-state index is 12.8. The van der Waals surface area contributed by atoms with Crippen molar-refractivity contribution in [2.45, 2.75) is 39.3 Å². The minimum absolute atomic E-state index is 0.165. The van der Waals surface area contributed by atoms with Crippen LogP contribution in [0.3, 0.4) is 0 Å². The molecule has 6 nitrogen and oxygen atoms in total. The first kappa shape index (κ1) is 19.2. The highest BCUT2D eigenvalue weighted by Crippen LogP contribution is 2.26. The van der Waals surface area contributed by atoms with Crippen LogP contribution in [0.5, 0.6) is 5.75 Å². The van der Waals surface area contributed by atoms with Crippen molar-refractivity contribution >= 4 is 28.4 Å². The predicted molar refractivity (Wildman–Crippen MR) is 113 cm³/mol. The van der Waals surface area contributed by atoms with Gasteiger partial charge in [0, 0.05) is 17.8 Å². The fourth-order valence-corrected chi connectivity index (χ4v) is 3.65. The van der Waals surface area contributed by atoms with E-state index < -0.39 is 6.04 Å². The third-order valence-corrected chi connectivity index (χ3v) is 5.09. The van der Waals surface area contributed by atoms with Gasteiger partial charge >= 0.3 is 0 Å². The van der Waals surface area contributed by atoms with E-state index in [1.165, 1.54) is 4.90 Å². The van der Waals surface area contributed by atoms with Gasteiger partial charge in [0.25, 0.3) is 5.91 Å². The average molecular weight is 391 g/mol. The first-order chi connectivity index (χ1) is 14.0. The monoisotopic (exact) mass is 391 g/mol. The Morgan fingerprint density at radius 2 is 1.93 bits per heavy atom. The number of fused-ring (bicyclic) bond motifs is 1. The SMILES string of the molecule is CCCOc1ccc(N2C(=O)CC(NCc3ccc4[nH]c(C)cc4c3)C2=O)cc1. The van der Waals surface area contributed by atoms with E-state index in [2.05, 4.69) is 22.4 Å². The maximum absolute atomic E-state index is 12.8. The number of amides is 2. The molecule has 1 atom stereocenters. The number of ether oxygens (including phenoxy) is 1. The summed E-state index contributed by atoms with van der Waals surface area (Å²) in [6.07, 6.45) is 1.09. The van der Waals surface area contributed by atoms with Crippen LogP contribution in [0.2, 0.25) is 0 Å². The molecule has 2 aromatic carbocycles. The van der Waals surface area contributed by atoms with E-state index >= 15 is 0 Å². The van der Waals surface area contributed by atoms with Gasteiger partial charge in [0.1, 0.15) is 5.75 Å². The Hall–Kier alpha value is -3.12. The minimum atomic E-state index is -0.512. The second-order valence-corrected chi connectivity index (χ2v) is 7.42. The molecule has 2 heterocycles. The number of aromatic amines is 1. The molecule has 0 spiro atoms. The van der Waals surface area contributed by atoms with Crippen LogP contribution in [-0.4, -0.2) is 29.4 Å². The van der Waals surface area contributed by atoms with Gasteiger partial charge in [0.15, 0.2) is 0 Å². The summed E-state index contributed by atoms with van der Waals surface area (Å²) in [5.74, 6) is 0.335. The zero-order valence-electron chi connectivity index (χ0n) is 16.7. The Morgan fingerprint density at radius 3 is 2.69 bits per heavy atom.